The molecule has 4 aliphatic carbocycles. The molecule has 230 valence electrons. The van der Waals surface area contributed by atoms with Gasteiger partial charge in [-0.1, -0.05) is 13.8 Å². The summed E-state index contributed by atoms with van der Waals surface area (Å²) in [6.45, 7) is 6.35. The van der Waals surface area contributed by atoms with Crippen molar-refractivity contribution in [3.63, 3.8) is 0 Å². The van der Waals surface area contributed by atoms with Crippen LogP contribution in [0.15, 0.2) is 12.1 Å². The Bertz CT molecular complexity index is 1210. The number of carboxylic acids is 1. The van der Waals surface area contributed by atoms with Gasteiger partial charge < -0.3 is 25.0 Å². The van der Waals surface area contributed by atoms with Gasteiger partial charge in [0.05, 0.1) is 30.1 Å². The highest BCUT2D eigenvalue weighted by Gasteiger charge is 2.51. The number of nitrogens with one attached hydrogen (secondary N) is 2. The Kier molecular flexibility index (Phi) is 8.78. The van der Waals surface area contributed by atoms with Gasteiger partial charge in [-0.15, -0.1) is 0 Å². The highest BCUT2D eigenvalue weighted by Crippen LogP contribution is 2.50. The van der Waals surface area contributed by atoms with Crippen molar-refractivity contribution in [3.8, 4) is 17.6 Å². The van der Waals surface area contributed by atoms with Crippen molar-refractivity contribution in [1.29, 1.82) is 5.26 Å². The molecule has 0 spiro atoms. The second kappa shape index (κ2) is 12.0. The van der Waals surface area contributed by atoms with Crippen LogP contribution in [-0.2, 0) is 9.59 Å². The zero-order chi connectivity index (χ0) is 30.2. The summed E-state index contributed by atoms with van der Waals surface area (Å²) in [6.07, 6.45) is 8.05. The first kappa shape index (κ1) is 30.6. The lowest BCUT2D eigenvalue weighted by molar-refractivity contribution is -0.150. The smallest absolute Gasteiger partial charge is 0.309 e. The molecule has 5 atom stereocenters. The molecule has 4 saturated carbocycles. The summed E-state index contributed by atoms with van der Waals surface area (Å²) in [4.78, 5) is 25.3. The van der Waals surface area contributed by atoms with E-state index in [-0.39, 0.29) is 30.0 Å². The van der Waals surface area contributed by atoms with Crippen LogP contribution in [-0.4, -0.2) is 47.4 Å². The van der Waals surface area contributed by atoms with E-state index in [2.05, 4.69) is 30.6 Å². The van der Waals surface area contributed by atoms with E-state index in [1.807, 2.05) is 0 Å². The highest BCUT2D eigenvalue weighted by molar-refractivity contribution is 5.80. The zero-order valence-corrected chi connectivity index (χ0v) is 25.4. The molecule has 0 aliphatic heterocycles. The maximum Gasteiger partial charge on any atom is 0.309 e. The van der Waals surface area contributed by atoms with E-state index in [9.17, 15) is 25.1 Å². The van der Waals surface area contributed by atoms with Crippen molar-refractivity contribution in [2.45, 2.75) is 116 Å². The van der Waals surface area contributed by atoms with Crippen molar-refractivity contribution in [2.75, 3.05) is 7.11 Å². The van der Waals surface area contributed by atoms with Crippen molar-refractivity contribution < 1.29 is 29.3 Å². The summed E-state index contributed by atoms with van der Waals surface area (Å²) >= 11 is 0. The Morgan fingerprint density at radius 2 is 1.67 bits per heavy atom. The van der Waals surface area contributed by atoms with Gasteiger partial charge >= 0.3 is 5.97 Å². The fourth-order valence-electron chi connectivity index (χ4n) is 7.91. The van der Waals surface area contributed by atoms with Gasteiger partial charge in [-0.05, 0) is 101 Å². The van der Waals surface area contributed by atoms with Crippen LogP contribution in [0.1, 0.15) is 109 Å². The van der Waals surface area contributed by atoms with Gasteiger partial charge in [-0.25, -0.2) is 0 Å². The number of fused-ring (bicyclic) bond motifs is 2. The number of aliphatic carboxylic acids is 1. The first-order valence-corrected chi connectivity index (χ1v) is 15.7. The second-order valence-electron chi connectivity index (χ2n) is 14.3. The molecule has 0 radical (unpaired) electrons. The first-order valence-electron chi connectivity index (χ1n) is 15.7. The van der Waals surface area contributed by atoms with Gasteiger partial charge in [0, 0.05) is 23.7 Å². The fourth-order valence-corrected chi connectivity index (χ4v) is 7.91. The molecule has 0 heterocycles. The third-order valence-corrected chi connectivity index (χ3v) is 10.8. The lowest BCUT2D eigenvalue weighted by atomic mass is 9.75. The van der Waals surface area contributed by atoms with Crippen LogP contribution in [0.4, 0.5) is 0 Å². The molecule has 9 heteroatoms. The Balaban J connectivity index is 1.30. The molecule has 1 aromatic rings. The van der Waals surface area contributed by atoms with Gasteiger partial charge in [0.1, 0.15) is 23.8 Å². The van der Waals surface area contributed by atoms with Crippen molar-refractivity contribution >= 4 is 11.9 Å². The number of carbonyl (C=O) groups excluding carboxylic acids is 1. The quantitative estimate of drug-likeness (QED) is 0.297. The number of aliphatic hydroxyl groups excluding tert-OH is 1. The number of amides is 1. The average molecular weight is 582 g/mol. The van der Waals surface area contributed by atoms with E-state index in [1.165, 1.54) is 7.11 Å². The number of benzene rings is 1. The molecule has 5 rings (SSSR count). The Morgan fingerprint density at radius 1 is 1.00 bits per heavy atom. The lowest BCUT2D eigenvalue weighted by Gasteiger charge is -2.37. The first-order chi connectivity index (χ1) is 19.9. The SMILES string of the molecule is COc1cc(C#N)c(OC2CCC(C)(C(=O)O)CC2)cc1C(O)N[C@@H]1[C@H]2CC[C@H](C2)[C@@H]1C(=O)NC1CCC(C)(C)CC1. The van der Waals surface area contributed by atoms with Crippen LogP contribution in [0.2, 0.25) is 0 Å². The number of methoxy groups -OCH3 is 1. The predicted octanol–water partition coefficient (Wildman–Crippen LogP) is 5.06. The predicted molar refractivity (Wildman–Crippen MR) is 157 cm³/mol. The standard InChI is InChI=1S/C33H47N3O6/c1-32(2)11-7-22(8-12-32)35-30(38)27-19-5-6-20(15-19)28(27)36-29(37)24-17-25(21(18-34)16-26(24)41-4)42-23-9-13-33(3,14-10-23)31(39)40/h16-17,19-20,22-23,27-29,36-37H,5-15H2,1-4H3,(H,35,38)(H,39,40)/t19-,20+,23?,27+,28-,29?,33?/m1/s1. The summed E-state index contributed by atoms with van der Waals surface area (Å²) in [6, 6.07) is 5.46. The number of ether oxygens (including phenoxy) is 2. The van der Waals surface area contributed by atoms with Gasteiger partial charge in [-0.3, -0.25) is 14.9 Å². The maximum absolute atomic E-state index is 13.6. The van der Waals surface area contributed by atoms with Crippen LogP contribution in [0.25, 0.3) is 0 Å². The van der Waals surface area contributed by atoms with Crippen molar-refractivity contribution in [2.24, 2.45) is 28.6 Å². The molecular formula is C33H47N3O6. The topological polar surface area (TPSA) is 141 Å². The van der Waals surface area contributed by atoms with E-state index in [1.54, 1.807) is 19.1 Å². The molecule has 4 N–H and O–H groups in total. The fraction of sp³-hybridized carbons (Fsp3) is 0.727. The Hall–Kier alpha value is -2.83. The summed E-state index contributed by atoms with van der Waals surface area (Å²) < 4.78 is 11.8. The van der Waals surface area contributed by atoms with E-state index < -0.39 is 17.6 Å². The summed E-state index contributed by atoms with van der Waals surface area (Å²) in [7, 11) is 1.50. The number of rotatable bonds is 9. The number of nitriles is 1. The second-order valence-corrected chi connectivity index (χ2v) is 14.3. The molecule has 2 bridgehead atoms. The number of aliphatic hydroxyl groups is 1. The molecule has 42 heavy (non-hydrogen) atoms. The number of nitrogens with zero attached hydrogens (tertiary/aromatic N) is 1. The number of hydrogen-bond acceptors (Lipinski definition) is 7. The monoisotopic (exact) mass is 581 g/mol. The lowest BCUT2D eigenvalue weighted by Crippen LogP contribution is -2.51. The van der Waals surface area contributed by atoms with E-state index in [4.69, 9.17) is 9.47 Å². The molecule has 1 unspecified atom stereocenters. The van der Waals surface area contributed by atoms with Crippen LogP contribution in [0, 0.1) is 39.9 Å². The normalized spacial score (nSPS) is 33.0. The summed E-state index contributed by atoms with van der Waals surface area (Å²) in [5, 5.41) is 37.6. The molecule has 1 amide bonds. The molecule has 4 aliphatic rings. The van der Waals surface area contributed by atoms with Crippen molar-refractivity contribution in [1.82, 2.24) is 10.6 Å². The minimum atomic E-state index is -1.12. The van der Waals surface area contributed by atoms with Crippen molar-refractivity contribution in [3.05, 3.63) is 23.3 Å². The maximum atomic E-state index is 13.6. The van der Waals surface area contributed by atoms with E-state index >= 15 is 0 Å². The third-order valence-electron chi connectivity index (χ3n) is 10.8. The summed E-state index contributed by atoms with van der Waals surface area (Å²) in [5.41, 5.74) is 0.317. The number of carboxylic acid groups (broad SMARTS) is 1. The molecule has 0 aromatic heterocycles. The largest absolute Gasteiger partial charge is 0.496 e. The molecule has 9 nitrogen and oxygen atoms in total. The molecular weight excluding hydrogens is 534 g/mol. The molecule has 4 fully saturated rings. The average Bonchev–Trinajstić information content (AvgIpc) is 3.57. The Labute approximate surface area is 249 Å². The minimum Gasteiger partial charge on any atom is -0.496 e. The molecule has 0 saturated heterocycles. The number of hydrogen-bond donors (Lipinski definition) is 4. The molecule has 1 aromatic carbocycles. The van der Waals surface area contributed by atoms with Gasteiger partial charge in [-0.2, -0.15) is 5.26 Å². The van der Waals surface area contributed by atoms with Gasteiger partial charge in [0.25, 0.3) is 0 Å². The third kappa shape index (κ3) is 6.26. The summed E-state index contributed by atoms with van der Waals surface area (Å²) in [5.74, 6) is 0.448. The van der Waals surface area contributed by atoms with Crippen LogP contribution < -0.4 is 20.1 Å². The van der Waals surface area contributed by atoms with Crippen LogP contribution >= 0.6 is 0 Å². The van der Waals surface area contributed by atoms with E-state index in [0.29, 0.717) is 65.6 Å². The van der Waals surface area contributed by atoms with E-state index in [0.717, 1.165) is 44.9 Å². The minimum absolute atomic E-state index is 0.0954. The van der Waals surface area contributed by atoms with Gasteiger partial charge in [0.2, 0.25) is 5.91 Å². The number of carbonyl (C=O) groups is 2. The zero-order valence-electron chi connectivity index (χ0n) is 25.4. The Morgan fingerprint density at radius 3 is 2.29 bits per heavy atom. The van der Waals surface area contributed by atoms with Gasteiger partial charge in [0.15, 0.2) is 0 Å². The highest BCUT2D eigenvalue weighted by atomic mass is 16.5. The van der Waals surface area contributed by atoms with Crippen LogP contribution in [0.5, 0.6) is 11.5 Å². The van der Waals surface area contributed by atoms with Crippen LogP contribution in [0.3, 0.4) is 0 Å².